The molecular weight excluding hydrogens is 275 g/mol. The summed E-state index contributed by atoms with van der Waals surface area (Å²) < 4.78 is 24.1. The first kappa shape index (κ1) is 15.6. The maximum absolute atomic E-state index is 14.1. The van der Waals surface area contributed by atoms with Crippen molar-refractivity contribution in [3.05, 3.63) is 22.5 Å². The summed E-state index contributed by atoms with van der Waals surface area (Å²) in [7, 11) is 2.75. The molecule has 19 heavy (non-hydrogen) atoms. The Balaban J connectivity index is 3.31. The van der Waals surface area contributed by atoms with Gasteiger partial charge in [-0.05, 0) is 31.9 Å². The highest BCUT2D eigenvalue weighted by molar-refractivity contribution is 6.32. The maximum atomic E-state index is 14.1. The van der Waals surface area contributed by atoms with E-state index in [1.807, 2.05) is 0 Å². The topological polar surface area (TPSA) is 55.8 Å². The van der Waals surface area contributed by atoms with Gasteiger partial charge in [-0.2, -0.15) is 0 Å². The summed E-state index contributed by atoms with van der Waals surface area (Å²) in [6.07, 6.45) is -0.00571. The normalized spacial score (nSPS) is 11.3. The summed E-state index contributed by atoms with van der Waals surface area (Å²) in [6, 6.07) is 1.41. The molecule has 0 radical (unpaired) electrons. The van der Waals surface area contributed by atoms with Crippen molar-refractivity contribution in [2.45, 2.75) is 20.3 Å². The molecule has 0 aliphatic rings. The third kappa shape index (κ3) is 3.10. The monoisotopic (exact) mass is 290 g/mol. The van der Waals surface area contributed by atoms with Crippen molar-refractivity contribution in [3.8, 4) is 11.5 Å². The highest BCUT2D eigenvalue weighted by atomic mass is 35.5. The first-order valence-corrected chi connectivity index (χ1v) is 5.94. The van der Waals surface area contributed by atoms with Crippen LogP contribution in [0, 0.1) is 11.2 Å². The average Bonchev–Trinajstić information content (AvgIpc) is 2.34. The molecule has 1 rings (SSSR count). The van der Waals surface area contributed by atoms with Gasteiger partial charge < -0.3 is 14.6 Å². The van der Waals surface area contributed by atoms with Crippen LogP contribution in [0.3, 0.4) is 0 Å². The number of carbonyl (C=O) groups is 1. The van der Waals surface area contributed by atoms with Crippen LogP contribution in [0.2, 0.25) is 5.02 Å². The number of aliphatic carboxylic acids is 1. The van der Waals surface area contributed by atoms with E-state index in [2.05, 4.69) is 0 Å². The van der Waals surface area contributed by atoms with Crippen molar-refractivity contribution in [1.29, 1.82) is 0 Å². The number of benzene rings is 1. The second kappa shape index (κ2) is 5.65. The van der Waals surface area contributed by atoms with E-state index in [4.69, 9.17) is 26.2 Å². The minimum atomic E-state index is -1.11. The predicted octanol–water partition coefficient (Wildman–Crippen LogP) is 3.15. The number of carboxylic acid groups (broad SMARTS) is 1. The molecule has 0 aliphatic heterocycles. The summed E-state index contributed by atoms with van der Waals surface area (Å²) >= 11 is 5.86. The molecule has 1 aromatic carbocycles. The van der Waals surface area contributed by atoms with Crippen LogP contribution in [-0.4, -0.2) is 25.3 Å². The zero-order chi connectivity index (χ0) is 14.8. The van der Waals surface area contributed by atoms with Crippen molar-refractivity contribution >= 4 is 17.6 Å². The number of ether oxygens (including phenoxy) is 2. The molecular formula is C13H16ClFO4. The van der Waals surface area contributed by atoms with Crippen LogP contribution in [0.25, 0.3) is 0 Å². The Morgan fingerprint density at radius 3 is 2.42 bits per heavy atom. The van der Waals surface area contributed by atoms with Crippen LogP contribution in [0.1, 0.15) is 19.4 Å². The number of hydrogen-bond donors (Lipinski definition) is 1. The molecule has 0 saturated carbocycles. The largest absolute Gasteiger partial charge is 0.493 e. The fourth-order valence-corrected chi connectivity index (χ4v) is 1.95. The fourth-order valence-electron chi connectivity index (χ4n) is 1.66. The Kier molecular flexibility index (Phi) is 4.63. The predicted molar refractivity (Wildman–Crippen MR) is 69.6 cm³/mol. The molecule has 1 aromatic rings. The van der Waals surface area contributed by atoms with E-state index in [-0.39, 0.29) is 28.5 Å². The van der Waals surface area contributed by atoms with Gasteiger partial charge in [0.1, 0.15) is 10.8 Å². The zero-order valence-electron chi connectivity index (χ0n) is 11.2. The molecule has 0 fully saturated rings. The molecule has 0 saturated heterocycles. The van der Waals surface area contributed by atoms with Gasteiger partial charge in [0.2, 0.25) is 0 Å². The summed E-state index contributed by atoms with van der Waals surface area (Å²) in [6.45, 7) is 3.03. The average molecular weight is 291 g/mol. The van der Waals surface area contributed by atoms with E-state index >= 15 is 0 Å². The minimum Gasteiger partial charge on any atom is -0.493 e. The van der Waals surface area contributed by atoms with E-state index < -0.39 is 17.2 Å². The van der Waals surface area contributed by atoms with Gasteiger partial charge in [-0.25, -0.2) is 4.39 Å². The molecule has 0 bridgehead atoms. The fraction of sp³-hybridized carbons (Fsp3) is 0.462. The molecule has 106 valence electrons. The minimum absolute atomic E-state index is 0.00571. The van der Waals surface area contributed by atoms with E-state index in [0.717, 1.165) is 0 Å². The second-order valence-corrected chi connectivity index (χ2v) is 5.14. The Labute approximate surface area is 116 Å². The van der Waals surface area contributed by atoms with Crippen molar-refractivity contribution < 1.29 is 23.8 Å². The van der Waals surface area contributed by atoms with Gasteiger partial charge in [0.05, 0.1) is 19.6 Å². The lowest BCUT2D eigenvalue weighted by Crippen LogP contribution is -2.26. The SMILES string of the molecule is COc1cc(CC(C)(C)C(=O)O)c(F)c(Cl)c1OC. The molecule has 4 nitrogen and oxygen atoms in total. The van der Waals surface area contributed by atoms with E-state index in [0.29, 0.717) is 0 Å². The third-order valence-electron chi connectivity index (χ3n) is 2.84. The van der Waals surface area contributed by atoms with E-state index in [1.165, 1.54) is 34.1 Å². The summed E-state index contributed by atoms with van der Waals surface area (Å²) in [4.78, 5) is 11.1. The first-order valence-electron chi connectivity index (χ1n) is 5.56. The standard InChI is InChI=1S/C13H16ClFO4/c1-13(2,12(16)17)6-7-5-8(18-3)11(19-4)9(14)10(7)15/h5H,6H2,1-4H3,(H,16,17). The smallest absolute Gasteiger partial charge is 0.309 e. The Morgan fingerprint density at radius 1 is 1.42 bits per heavy atom. The number of hydrogen-bond acceptors (Lipinski definition) is 3. The van der Waals surface area contributed by atoms with E-state index in [1.54, 1.807) is 0 Å². The van der Waals surface area contributed by atoms with Crippen molar-refractivity contribution in [3.63, 3.8) is 0 Å². The molecule has 1 N–H and O–H groups in total. The van der Waals surface area contributed by atoms with Gasteiger partial charge in [0.15, 0.2) is 11.5 Å². The third-order valence-corrected chi connectivity index (χ3v) is 3.18. The number of halogens is 2. The lowest BCUT2D eigenvalue weighted by atomic mass is 9.85. The number of carboxylic acids is 1. The first-order chi connectivity index (χ1) is 8.74. The van der Waals surface area contributed by atoms with Gasteiger partial charge in [-0.1, -0.05) is 11.6 Å². The van der Waals surface area contributed by atoms with Gasteiger partial charge in [0.25, 0.3) is 0 Å². The molecule has 0 heterocycles. The molecule has 0 aliphatic carbocycles. The number of methoxy groups -OCH3 is 2. The molecule has 0 unspecified atom stereocenters. The highest BCUT2D eigenvalue weighted by Gasteiger charge is 2.30. The maximum Gasteiger partial charge on any atom is 0.309 e. The summed E-state index contributed by atoms with van der Waals surface area (Å²) in [5.41, 5.74) is -0.931. The Bertz CT molecular complexity index is 500. The van der Waals surface area contributed by atoms with Crippen LogP contribution in [0.15, 0.2) is 6.07 Å². The highest BCUT2D eigenvalue weighted by Crippen LogP contribution is 2.40. The Hall–Kier alpha value is -1.49. The zero-order valence-corrected chi connectivity index (χ0v) is 12.0. The van der Waals surface area contributed by atoms with Crippen LogP contribution < -0.4 is 9.47 Å². The van der Waals surface area contributed by atoms with Gasteiger partial charge >= 0.3 is 5.97 Å². The lowest BCUT2D eigenvalue weighted by Gasteiger charge is -2.21. The molecule has 0 amide bonds. The second-order valence-electron chi connectivity index (χ2n) is 4.76. The quantitative estimate of drug-likeness (QED) is 0.905. The van der Waals surface area contributed by atoms with Crippen LogP contribution in [0.4, 0.5) is 4.39 Å². The van der Waals surface area contributed by atoms with E-state index in [9.17, 15) is 9.18 Å². The molecule has 0 atom stereocenters. The number of rotatable bonds is 5. The van der Waals surface area contributed by atoms with Crippen LogP contribution in [-0.2, 0) is 11.2 Å². The van der Waals surface area contributed by atoms with Crippen molar-refractivity contribution in [1.82, 2.24) is 0 Å². The van der Waals surface area contributed by atoms with Crippen LogP contribution >= 0.6 is 11.6 Å². The summed E-state index contributed by atoms with van der Waals surface area (Å²) in [5.74, 6) is -1.34. The van der Waals surface area contributed by atoms with Crippen LogP contribution in [0.5, 0.6) is 11.5 Å². The van der Waals surface area contributed by atoms with Gasteiger partial charge in [-0.15, -0.1) is 0 Å². The Morgan fingerprint density at radius 2 is 2.00 bits per heavy atom. The van der Waals surface area contributed by atoms with Crippen molar-refractivity contribution in [2.75, 3.05) is 14.2 Å². The van der Waals surface area contributed by atoms with Crippen molar-refractivity contribution in [2.24, 2.45) is 5.41 Å². The molecule has 6 heteroatoms. The molecule has 0 aromatic heterocycles. The summed E-state index contributed by atoms with van der Waals surface area (Å²) in [5, 5.41) is 8.87. The van der Waals surface area contributed by atoms with Gasteiger partial charge in [0, 0.05) is 0 Å². The lowest BCUT2D eigenvalue weighted by molar-refractivity contribution is -0.146. The van der Waals surface area contributed by atoms with Gasteiger partial charge in [-0.3, -0.25) is 4.79 Å². The molecule has 0 spiro atoms.